The molecule has 1 N–H and O–H groups in total. The van der Waals surface area contributed by atoms with Gasteiger partial charge in [-0.2, -0.15) is 0 Å². The minimum atomic E-state index is -0.0244. The van der Waals surface area contributed by atoms with E-state index in [0.29, 0.717) is 11.8 Å². The molecule has 0 bridgehead atoms. The summed E-state index contributed by atoms with van der Waals surface area (Å²) in [4.78, 5) is 0. The number of nitrogens with one attached hydrogen (secondary N) is 1. The van der Waals surface area contributed by atoms with Crippen LogP contribution < -0.4 is 5.32 Å². The molecule has 2 heteroatoms. The van der Waals surface area contributed by atoms with Gasteiger partial charge in [-0.25, -0.2) is 4.39 Å². The molecule has 0 spiro atoms. The summed E-state index contributed by atoms with van der Waals surface area (Å²) in [5.74, 6) is 1.08. The van der Waals surface area contributed by atoms with Crippen LogP contribution in [0.2, 0.25) is 0 Å². The lowest BCUT2D eigenvalue weighted by Gasteiger charge is -2.37. The van der Waals surface area contributed by atoms with Gasteiger partial charge in [0.05, 0.1) is 0 Å². The van der Waals surface area contributed by atoms with Crippen LogP contribution in [0.3, 0.4) is 0 Å². The Bertz CT molecular complexity index is 373. The third-order valence-corrected chi connectivity index (χ3v) is 3.97. The van der Waals surface area contributed by atoms with E-state index in [1.165, 1.54) is 19.3 Å². The fourth-order valence-corrected chi connectivity index (χ4v) is 2.60. The molecule has 0 aliphatic heterocycles. The third kappa shape index (κ3) is 1.99. The molecular formula is C14H18FN. The quantitative estimate of drug-likeness (QED) is 0.820. The molecule has 1 aromatic carbocycles. The van der Waals surface area contributed by atoms with E-state index in [9.17, 15) is 4.39 Å². The van der Waals surface area contributed by atoms with Gasteiger partial charge in [-0.1, -0.05) is 18.2 Å². The van der Waals surface area contributed by atoms with Gasteiger partial charge in [-0.05, 0) is 55.7 Å². The minimum absolute atomic E-state index is 0.0244. The van der Waals surface area contributed by atoms with Crippen molar-refractivity contribution >= 4 is 0 Å². The van der Waals surface area contributed by atoms with Crippen molar-refractivity contribution < 1.29 is 4.39 Å². The van der Waals surface area contributed by atoms with Crippen molar-refractivity contribution in [2.75, 3.05) is 6.54 Å². The lowest BCUT2D eigenvalue weighted by Crippen LogP contribution is -2.35. The van der Waals surface area contributed by atoms with E-state index in [4.69, 9.17) is 0 Å². The van der Waals surface area contributed by atoms with Gasteiger partial charge in [0.15, 0.2) is 0 Å². The summed E-state index contributed by atoms with van der Waals surface area (Å²) >= 11 is 0. The van der Waals surface area contributed by atoms with Crippen LogP contribution in [0.25, 0.3) is 0 Å². The lowest BCUT2D eigenvalue weighted by atomic mass is 9.70. The van der Waals surface area contributed by atoms with Gasteiger partial charge in [0.2, 0.25) is 0 Å². The Kier molecular flexibility index (Phi) is 2.68. The molecule has 2 fully saturated rings. The fourth-order valence-electron chi connectivity index (χ4n) is 2.60. The van der Waals surface area contributed by atoms with Crippen molar-refractivity contribution in [1.29, 1.82) is 0 Å². The summed E-state index contributed by atoms with van der Waals surface area (Å²) in [5, 5.41) is 3.56. The summed E-state index contributed by atoms with van der Waals surface area (Å²) in [6.45, 7) is 1.07. The van der Waals surface area contributed by atoms with Gasteiger partial charge in [0, 0.05) is 6.04 Å². The number of halogens is 1. The highest BCUT2D eigenvalue weighted by molar-refractivity contribution is 5.24. The maximum Gasteiger partial charge on any atom is 0.126 e. The van der Waals surface area contributed by atoms with E-state index in [0.717, 1.165) is 24.6 Å². The average Bonchev–Trinajstić information content (AvgIpc) is 3.04. The Labute approximate surface area is 96.1 Å². The molecular weight excluding hydrogens is 201 g/mol. The first-order chi connectivity index (χ1) is 7.84. The molecule has 2 unspecified atom stereocenters. The molecule has 16 heavy (non-hydrogen) atoms. The Hall–Kier alpha value is -0.890. The van der Waals surface area contributed by atoms with Gasteiger partial charge in [-0.3, -0.25) is 0 Å². The second-order valence-corrected chi connectivity index (χ2v) is 5.15. The maximum absolute atomic E-state index is 13.6. The molecule has 86 valence electrons. The highest BCUT2D eigenvalue weighted by atomic mass is 19.1. The minimum Gasteiger partial charge on any atom is -0.314 e. The van der Waals surface area contributed by atoms with Crippen molar-refractivity contribution in [2.24, 2.45) is 5.92 Å². The third-order valence-electron chi connectivity index (χ3n) is 3.97. The molecule has 0 radical (unpaired) electrons. The number of rotatable bonds is 4. The van der Waals surface area contributed by atoms with Crippen LogP contribution in [-0.4, -0.2) is 12.6 Å². The van der Waals surface area contributed by atoms with Gasteiger partial charge in [0.25, 0.3) is 0 Å². The van der Waals surface area contributed by atoms with Crippen LogP contribution >= 0.6 is 0 Å². The number of benzene rings is 1. The Morgan fingerprint density at radius 1 is 1.12 bits per heavy atom. The van der Waals surface area contributed by atoms with Crippen LogP contribution in [-0.2, 0) is 0 Å². The highest BCUT2D eigenvalue weighted by Crippen LogP contribution is 2.43. The Morgan fingerprint density at radius 3 is 2.56 bits per heavy atom. The summed E-state index contributed by atoms with van der Waals surface area (Å²) < 4.78 is 13.6. The first-order valence-corrected chi connectivity index (χ1v) is 6.32. The molecule has 0 amide bonds. The van der Waals surface area contributed by atoms with Gasteiger partial charge < -0.3 is 5.32 Å². The topological polar surface area (TPSA) is 12.0 Å². The predicted molar refractivity (Wildman–Crippen MR) is 62.9 cm³/mol. The first-order valence-electron chi connectivity index (χ1n) is 6.32. The van der Waals surface area contributed by atoms with Crippen LogP contribution in [0.5, 0.6) is 0 Å². The normalized spacial score (nSPS) is 28.8. The first kappa shape index (κ1) is 10.3. The SMILES string of the molecule is Fc1ccccc1C1CCC1CNC1CC1. The van der Waals surface area contributed by atoms with Crippen molar-refractivity contribution in [3.05, 3.63) is 35.6 Å². The Balaban J connectivity index is 1.63. The van der Waals surface area contributed by atoms with E-state index in [1.54, 1.807) is 12.1 Å². The van der Waals surface area contributed by atoms with E-state index < -0.39 is 0 Å². The van der Waals surface area contributed by atoms with Crippen molar-refractivity contribution in [3.8, 4) is 0 Å². The summed E-state index contributed by atoms with van der Waals surface area (Å²) in [7, 11) is 0. The fraction of sp³-hybridized carbons (Fsp3) is 0.571. The summed E-state index contributed by atoms with van der Waals surface area (Å²) in [5.41, 5.74) is 0.927. The smallest absolute Gasteiger partial charge is 0.126 e. The zero-order valence-electron chi connectivity index (χ0n) is 9.45. The van der Waals surface area contributed by atoms with Crippen LogP contribution in [0, 0.1) is 11.7 Å². The molecule has 0 heterocycles. The molecule has 0 aromatic heterocycles. The van der Waals surface area contributed by atoms with Crippen molar-refractivity contribution in [1.82, 2.24) is 5.32 Å². The van der Waals surface area contributed by atoms with Gasteiger partial charge >= 0.3 is 0 Å². The van der Waals surface area contributed by atoms with E-state index in [1.807, 2.05) is 12.1 Å². The van der Waals surface area contributed by atoms with Crippen molar-refractivity contribution in [3.63, 3.8) is 0 Å². The average molecular weight is 219 g/mol. The monoisotopic (exact) mass is 219 g/mol. The van der Waals surface area contributed by atoms with Crippen molar-refractivity contribution in [2.45, 2.75) is 37.6 Å². The van der Waals surface area contributed by atoms with E-state index in [2.05, 4.69) is 5.32 Å². The second-order valence-electron chi connectivity index (χ2n) is 5.15. The lowest BCUT2D eigenvalue weighted by molar-refractivity contribution is 0.240. The van der Waals surface area contributed by atoms with Crippen LogP contribution in [0.1, 0.15) is 37.2 Å². The largest absolute Gasteiger partial charge is 0.314 e. The molecule has 1 aromatic rings. The van der Waals surface area contributed by atoms with Crippen LogP contribution in [0.4, 0.5) is 4.39 Å². The molecule has 2 aliphatic rings. The van der Waals surface area contributed by atoms with E-state index in [-0.39, 0.29) is 5.82 Å². The number of hydrogen-bond donors (Lipinski definition) is 1. The molecule has 3 rings (SSSR count). The summed E-state index contributed by atoms with van der Waals surface area (Å²) in [6.07, 6.45) is 5.06. The molecule has 1 nitrogen and oxygen atoms in total. The summed E-state index contributed by atoms with van der Waals surface area (Å²) in [6, 6.07) is 8.02. The maximum atomic E-state index is 13.6. The standard InChI is InChI=1S/C14H18FN/c15-14-4-2-1-3-13(14)12-8-5-10(12)9-16-11-6-7-11/h1-4,10-12,16H,5-9H2. The van der Waals surface area contributed by atoms with E-state index >= 15 is 0 Å². The highest BCUT2D eigenvalue weighted by Gasteiger charge is 2.34. The zero-order chi connectivity index (χ0) is 11.0. The van der Waals surface area contributed by atoms with Crippen LogP contribution in [0.15, 0.2) is 24.3 Å². The molecule has 0 saturated heterocycles. The zero-order valence-corrected chi connectivity index (χ0v) is 9.45. The van der Waals surface area contributed by atoms with Gasteiger partial charge in [-0.15, -0.1) is 0 Å². The molecule has 2 saturated carbocycles. The molecule has 2 aliphatic carbocycles. The number of hydrogen-bond acceptors (Lipinski definition) is 1. The predicted octanol–water partition coefficient (Wildman–Crippen LogP) is 3.07. The molecule has 2 atom stereocenters. The Morgan fingerprint density at radius 2 is 1.94 bits per heavy atom. The second kappa shape index (κ2) is 4.17. The van der Waals surface area contributed by atoms with Gasteiger partial charge in [0.1, 0.15) is 5.82 Å².